The number of hydrogen-bond donors (Lipinski definition) is 0. The topological polar surface area (TPSA) is 34.1 Å². The Labute approximate surface area is 161 Å². The summed E-state index contributed by atoms with van der Waals surface area (Å²) in [6.07, 6.45) is 16.4. The third kappa shape index (κ3) is 12.6. The summed E-state index contributed by atoms with van der Waals surface area (Å²) in [4.78, 5) is 24.8. The summed E-state index contributed by atoms with van der Waals surface area (Å²) >= 11 is 1.37. The third-order valence-electron chi connectivity index (χ3n) is 4.95. The van der Waals surface area contributed by atoms with Crippen LogP contribution in [0.3, 0.4) is 0 Å². The Hall–Kier alpha value is -0.310. The molecule has 3 heteroatoms. The second-order valence-corrected chi connectivity index (χ2v) is 8.89. The van der Waals surface area contributed by atoms with E-state index in [1.165, 1.54) is 76.0 Å². The van der Waals surface area contributed by atoms with Crippen molar-refractivity contribution in [2.45, 2.75) is 118 Å². The number of Topliss-reactive ketones (excluding diaryl/α,β-unsaturated/α-hetero) is 1. The average Bonchev–Trinajstić information content (AvgIpc) is 2.59. The first-order chi connectivity index (χ1) is 12.0. The number of carbonyl (C=O) groups excluding carboxylic acids is 2. The Balaban J connectivity index is 3.82. The lowest BCUT2D eigenvalue weighted by Gasteiger charge is -2.21. The fraction of sp³-hybridized carbons (Fsp3) is 0.909. The fourth-order valence-corrected chi connectivity index (χ4v) is 3.91. The van der Waals surface area contributed by atoms with Gasteiger partial charge < -0.3 is 0 Å². The first-order valence-corrected chi connectivity index (χ1v) is 11.7. The minimum absolute atomic E-state index is 0.0639. The predicted molar refractivity (Wildman–Crippen MR) is 112 cm³/mol. The molecule has 0 atom stereocenters. The van der Waals surface area contributed by atoms with Crippen LogP contribution in [-0.2, 0) is 9.59 Å². The fourth-order valence-electron chi connectivity index (χ4n) is 2.90. The van der Waals surface area contributed by atoms with E-state index in [1.54, 1.807) is 0 Å². The van der Waals surface area contributed by atoms with Crippen molar-refractivity contribution < 1.29 is 9.59 Å². The zero-order valence-electron chi connectivity index (χ0n) is 17.3. The van der Waals surface area contributed by atoms with Crippen LogP contribution in [0, 0.1) is 5.41 Å². The number of hydrogen-bond acceptors (Lipinski definition) is 3. The smallest absolute Gasteiger partial charge is 0.201 e. The molecule has 0 unspecified atom stereocenters. The zero-order valence-corrected chi connectivity index (χ0v) is 18.1. The molecule has 0 aliphatic rings. The molecule has 0 radical (unpaired) electrons. The van der Waals surface area contributed by atoms with Crippen molar-refractivity contribution in [1.82, 2.24) is 0 Å². The molecule has 2 nitrogen and oxygen atoms in total. The molecule has 0 saturated heterocycles. The van der Waals surface area contributed by atoms with Gasteiger partial charge in [-0.05, 0) is 26.7 Å². The molecule has 0 amide bonds. The van der Waals surface area contributed by atoms with Crippen LogP contribution in [0.15, 0.2) is 0 Å². The summed E-state index contributed by atoms with van der Waals surface area (Å²) in [5, 5.41) is 0.0639. The molecule has 0 heterocycles. The van der Waals surface area contributed by atoms with E-state index in [4.69, 9.17) is 0 Å². The Morgan fingerprint density at radius 2 is 1.12 bits per heavy atom. The Bertz CT molecular complexity index is 318. The summed E-state index contributed by atoms with van der Waals surface area (Å²) in [6.45, 7) is 8.07. The van der Waals surface area contributed by atoms with Gasteiger partial charge in [-0.1, -0.05) is 96.2 Å². The van der Waals surface area contributed by atoms with Crippen LogP contribution >= 0.6 is 11.8 Å². The quantitative estimate of drug-likeness (QED) is 0.198. The summed E-state index contributed by atoms with van der Waals surface area (Å²) < 4.78 is 0. The van der Waals surface area contributed by atoms with Crippen molar-refractivity contribution in [3.63, 3.8) is 0 Å². The number of thioether (sulfide) groups is 1. The van der Waals surface area contributed by atoms with Crippen LogP contribution in [0.2, 0.25) is 0 Å². The van der Waals surface area contributed by atoms with Crippen molar-refractivity contribution in [2.24, 2.45) is 5.41 Å². The highest BCUT2D eigenvalue weighted by Crippen LogP contribution is 2.28. The number of ketones is 1. The van der Waals surface area contributed by atoms with Crippen LogP contribution in [0.5, 0.6) is 0 Å². The molecular weight excluding hydrogens is 328 g/mol. The first-order valence-electron chi connectivity index (χ1n) is 10.7. The van der Waals surface area contributed by atoms with Gasteiger partial charge in [-0.15, -0.1) is 0 Å². The minimum atomic E-state index is -0.810. The van der Waals surface area contributed by atoms with E-state index in [9.17, 15) is 9.59 Å². The minimum Gasteiger partial charge on any atom is -0.299 e. The normalized spacial score (nSPS) is 11.7. The van der Waals surface area contributed by atoms with Crippen molar-refractivity contribution in [2.75, 3.05) is 5.75 Å². The van der Waals surface area contributed by atoms with Gasteiger partial charge in [0.15, 0.2) is 0 Å². The van der Waals surface area contributed by atoms with Crippen LogP contribution < -0.4 is 0 Å². The molecule has 0 aromatic rings. The molecule has 0 bridgehead atoms. The van der Waals surface area contributed by atoms with Gasteiger partial charge in [0.1, 0.15) is 5.78 Å². The van der Waals surface area contributed by atoms with Gasteiger partial charge >= 0.3 is 0 Å². The Kier molecular flexibility index (Phi) is 15.7. The second-order valence-electron chi connectivity index (χ2n) is 7.82. The maximum Gasteiger partial charge on any atom is 0.201 e. The summed E-state index contributed by atoms with van der Waals surface area (Å²) in [5.74, 6) is 0.987. The van der Waals surface area contributed by atoms with E-state index in [-0.39, 0.29) is 10.9 Å². The van der Waals surface area contributed by atoms with Crippen molar-refractivity contribution in [3.05, 3.63) is 0 Å². The van der Waals surface area contributed by atoms with Gasteiger partial charge in [-0.3, -0.25) is 9.59 Å². The van der Waals surface area contributed by atoms with E-state index >= 15 is 0 Å². The highest BCUT2D eigenvalue weighted by molar-refractivity contribution is 8.13. The molecule has 0 aliphatic carbocycles. The molecule has 0 aliphatic heterocycles. The first kappa shape index (κ1) is 24.7. The van der Waals surface area contributed by atoms with E-state index in [0.29, 0.717) is 6.42 Å². The van der Waals surface area contributed by atoms with Crippen LogP contribution in [0.1, 0.15) is 118 Å². The highest BCUT2D eigenvalue weighted by Gasteiger charge is 2.34. The largest absolute Gasteiger partial charge is 0.299 e. The van der Waals surface area contributed by atoms with Crippen molar-refractivity contribution in [1.29, 1.82) is 0 Å². The summed E-state index contributed by atoms with van der Waals surface area (Å²) in [6, 6.07) is 0. The molecule has 0 fully saturated rings. The van der Waals surface area contributed by atoms with E-state index in [2.05, 4.69) is 13.8 Å². The Morgan fingerprint density at radius 3 is 1.64 bits per heavy atom. The maximum atomic E-state index is 12.4. The van der Waals surface area contributed by atoms with Gasteiger partial charge in [0.25, 0.3) is 0 Å². The molecule has 0 aromatic heterocycles. The van der Waals surface area contributed by atoms with Crippen LogP contribution in [0.4, 0.5) is 0 Å². The Morgan fingerprint density at radius 1 is 0.680 bits per heavy atom. The predicted octanol–water partition coefficient (Wildman–Crippen LogP) is 7.34. The van der Waals surface area contributed by atoms with E-state index < -0.39 is 5.41 Å². The van der Waals surface area contributed by atoms with Gasteiger partial charge in [0.05, 0.1) is 5.41 Å². The summed E-state index contributed by atoms with van der Waals surface area (Å²) in [7, 11) is 0. The van der Waals surface area contributed by atoms with Crippen LogP contribution in [-0.4, -0.2) is 16.7 Å². The zero-order chi connectivity index (χ0) is 19.0. The molecule has 0 aromatic carbocycles. The van der Waals surface area contributed by atoms with Crippen LogP contribution in [0.25, 0.3) is 0 Å². The van der Waals surface area contributed by atoms with Gasteiger partial charge in [-0.25, -0.2) is 0 Å². The number of rotatable bonds is 17. The van der Waals surface area contributed by atoms with E-state index in [0.717, 1.165) is 25.0 Å². The van der Waals surface area contributed by atoms with Gasteiger partial charge in [-0.2, -0.15) is 0 Å². The molecule has 25 heavy (non-hydrogen) atoms. The lowest BCUT2D eigenvalue weighted by Crippen LogP contribution is -2.31. The average molecular weight is 371 g/mol. The highest BCUT2D eigenvalue weighted by atomic mass is 32.2. The number of unbranched alkanes of at least 4 members (excludes halogenated alkanes) is 11. The SMILES string of the molecule is CCCCCCCCCC(=O)C(C)(C)C(=O)SCCCCCCCC. The third-order valence-corrected chi connectivity index (χ3v) is 6.21. The monoisotopic (exact) mass is 370 g/mol. The van der Waals surface area contributed by atoms with Gasteiger partial charge in [0.2, 0.25) is 5.12 Å². The maximum absolute atomic E-state index is 12.4. The molecule has 0 spiro atoms. The number of carbonyl (C=O) groups is 2. The molecule has 0 N–H and O–H groups in total. The van der Waals surface area contributed by atoms with Crippen molar-refractivity contribution >= 4 is 22.7 Å². The summed E-state index contributed by atoms with van der Waals surface area (Å²) in [5.41, 5.74) is -0.810. The molecule has 0 rings (SSSR count). The van der Waals surface area contributed by atoms with Gasteiger partial charge in [0, 0.05) is 12.2 Å². The van der Waals surface area contributed by atoms with E-state index in [1.807, 2.05) is 13.8 Å². The van der Waals surface area contributed by atoms with Crippen molar-refractivity contribution in [3.8, 4) is 0 Å². The lowest BCUT2D eigenvalue weighted by molar-refractivity contribution is -0.134. The standard InChI is InChI=1S/C22H42O2S/c1-5-7-9-11-13-14-16-18-20(23)22(3,4)21(24)25-19-17-15-12-10-8-6-2/h5-19H2,1-4H3. The molecule has 148 valence electrons. The molecular formula is C22H42O2S. The molecule has 0 saturated carbocycles. The second kappa shape index (κ2) is 15.9. The lowest BCUT2D eigenvalue weighted by atomic mass is 9.86.